The molecule has 2 saturated heterocycles. The number of β-amino-alcohol motifs (C(OH)–C–C–N with tert-alkyl or cyclic N) is 1. The van der Waals surface area contributed by atoms with Crippen LogP contribution < -0.4 is 4.90 Å². The Labute approximate surface area is 138 Å². The quantitative estimate of drug-likeness (QED) is 0.904. The predicted octanol–water partition coefficient (Wildman–Crippen LogP) is 1.19. The highest BCUT2D eigenvalue weighted by molar-refractivity contribution is 5.38. The van der Waals surface area contributed by atoms with Crippen LogP contribution in [0.15, 0.2) is 24.4 Å². The van der Waals surface area contributed by atoms with Gasteiger partial charge in [-0.15, -0.1) is 0 Å². The maximum atomic E-state index is 10.5. The van der Waals surface area contributed by atoms with Gasteiger partial charge in [0.15, 0.2) is 0 Å². The molecule has 1 aromatic rings. The lowest BCUT2D eigenvalue weighted by atomic mass is 9.97. The van der Waals surface area contributed by atoms with E-state index in [0.29, 0.717) is 6.04 Å². The van der Waals surface area contributed by atoms with Gasteiger partial charge in [-0.3, -0.25) is 9.80 Å². The zero-order chi connectivity index (χ0) is 15.7. The molecule has 1 saturated carbocycles. The van der Waals surface area contributed by atoms with E-state index in [9.17, 15) is 5.11 Å². The molecule has 5 nitrogen and oxygen atoms in total. The van der Waals surface area contributed by atoms with Crippen molar-refractivity contribution in [3.05, 3.63) is 24.4 Å². The van der Waals surface area contributed by atoms with E-state index in [1.165, 1.54) is 12.8 Å². The first-order valence-corrected chi connectivity index (χ1v) is 9.07. The molecule has 1 N–H and O–H groups in total. The Bertz CT molecular complexity index is 503. The van der Waals surface area contributed by atoms with Crippen LogP contribution in [0.3, 0.4) is 0 Å². The topological polar surface area (TPSA) is 42.8 Å². The van der Waals surface area contributed by atoms with Crippen molar-refractivity contribution in [2.24, 2.45) is 0 Å². The number of aromatic nitrogens is 1. The second-order valence-electron chi connectivity index (χ2n) is 7.49. The van der Waals surface area contributed by atoms with Gasteiger partial charge < -0.3 is 10.0 Å². The summed E-state index contributed by atoms with van der Waals surface area (Å²) in [6.07, 6.45) is 6.26. The standard InChI is InChI=1S/C18H28N4O/c23-18(6-2-3-7-18)15-20-13-16(14-20)21-9-11-22(12-10-21)17-5-1-4-8-19-17/h1,4-5,8,16,23H,2-3,6-7,9-15H2. The van der Waals surface area contributed by atoms with Gasteiger partial charge in [-0.25, -0.2) is 4.98 Å². The monoisotopic (exact) mass is 316 g/mol. The summed E-state index contributed by atoms with van der Waals surface area (Å²) in [5.74, 6) is 1.10. The molecule has 0 amide bonds. The number of hydrogen-bond acceptors (Lipinski definition) is 5. The van der Waals surface area contributed by atoms with Crippen LogP contribution in [-0.4, -0.2) is 77.3 Å². The van der Waals surface area contributed by atoms with Gasteiger partial charge in [0.2, 0.25) is 0 Å². The number of anilines is 1. The number of hydrogen-bond donors (Lipinski definition) is 1. The molecule has 126 valence electrons. The predicted molar refractivity (Wildman–Crippen MR) is 91.7 cm³/mol. The van der Waals surface area contributed by atoms with Gasteiger partial charge in [-0.1, -0.05) is 18.9 Å². The highest BCUT2D eigenvalue weighted by Gasteiger charge is 2.39. The van der Waals surface area contributed by atoms with Gasteiger partial charge >= 0.3 is 0 Å². The lowest BCUT2D eigenvalue weighted by molar-refractivity contribution is -0.0426. The summed E-state index contributed by atoms with van der Waals surface area (Å²) in [6, 6.07) is 6.82. The van der Waals surface area contributed by atoms with Gasteiger partial charge in [0.05, 0.1) is 5.60 Å². The van der Waals surface area contributed by atoms with Crippen molar-refractivity contribution in [3.8, 4) is 0 Å². The average molecular weight is 316 g/mol. The van der Waals surface area contributed by atoms with E-state index in [1.54, 1.807) is 0 Å². The minimum absolute atomic E-state index is 0.386. The third-order valence-electron chi connectivity index (χ3n) is 5.79. The van der Waals surface area contributed by atoms with Crippen LogP contribution in [-0.2, 0) is 0 Å². The van der Waals surface area contributed by atoms with Crippen molar-refractivity contribution in [2.45, 2.75) is 37.3 Å². The fourth-order valence-electron chi connectivity index (χ4n) is 4.37. The number of aliphatic hydroxyl groups is 1. The van der Waals surface area contributed by atoms with E-state index in [4.69, 9.17) is 0 Å². The summed E-state index contributed by atoms with van der Waals surface area (Å²) in [5.41, 5.74) is -0.386. The first kappa shape index (κ1) is 15.4. The van der Waals surface area contributed by atoms with Crippen LogP contribution in [0.5, 0.6) is 0 Å². The van der Waals surface area contributed by atoms with Crippen LogP contribution in [0.25, 0.3) is 0 Å². The van der Waals surface area contributed by atoms with Crippen LogP contribution in [0.2, 0.25) is 0 Å². The Kier molecular flexibility index (Phi) is 4.26. The molecule has 0 radical (unpaired) electrons. The van der Waals surface area contributed by atoms with Gasteiger partial charge in [-0.2, -0.15) is 0 Å². The Balaban J connectivity index is 1.22. The Morgan fingerprint density at radius 2 is 1.83 bits per heavy atom. The van der Waals surface area contributed by atoms with E-state index in [0.717, 1.165) is 64.5 Å². The third kappa shape index (κ3) is 3.37. The minimum Gasteiger partial charge on any atom is -0.389 e. The number of nitrogens with zero attached hydrogens (tertiary/aromatic N) is 4. The van der Waals surface area contributed by atoms with Crippen molar-refractivity contribution in [3.63, 3.8) is 0 Å². The first-order valence-electron chi connectivity index (χ1n) is 9.07. The molecule has 0 atom stereocenters. The third-order valence-corrected chi connectivity index (χ3v) is 5.79. The molecule has 3 heterocycles. The zero-order valence-corrected chi connectivity index (χ0v) is 13.9. The van der Waals surface area contributed by atoms with E-state index in [-0.39, 0.29) is 5.60 Å². The van der Waals surface area contributed by atoms with E-state index >= 15 is 0 Å². The number of likely N-dealkylation sites (tertiary alicyclic amines) is 1. The number of rotatable bonds is 4. The first-order chi connectivity index (χ1) is 11.2. The molecule has 3 fully saturated rings. The molecule has 0 spiro atoms. The lowest BCUT2D eigenvalue weighted by Crippen LogP contribution is -2.64. The average Bonchev–Trinajstić information content (AvgIpc) is 2.98. The molecule has 4 rings (SSSR count). The lowest BCUT2D eigenvalue weighted by Gasteiger charge is -2.49. The van der Waals surface area contributed by atoms with Crippen molar-refractivity contribution in [2.75, 3.05) is 50.7 Å². The van der Waals surface area contributed by atoms with Crippen molar-refractivity contribution >= 4 is 5.82 Å². The van der Waals surface area contributed by atoms with Gasteiger partial charge in [0.25, 0.3) is 0 Å². The van der Waals surface area contributed by atoms with Crippen LogP contribution >= 0.6 is 0 Å². The van der Waals surface area contributed by atoms with E-state index in [1.807, 2.05) is 12.3 Å². The van der Waals surface area contributed by atoms with Gasteiger partial charge in [0.1, 0.15) is 5.82 Å². The fourth-order valence-corrected chi connectivity index (χ4v) is 4.37. The molecule has 0 bridgehead atoms. The second-order valence-corrected chi connectivity index (χ2v) is 7.49. The largest absolute Gasteiger partial charge is 0.389 e. The van der Waals surface area contributed by atoms with Gasteiger partial charge in [0, 0.05) is 58.1 Å². The summed E-state index contributed by atoms with van der Waals surface area (Å²) < 4.78 is 0. The smallest absolute Gasteiger partial charge is 0.128 e. The molecule has 23 heavy (non-hydrogen) atoms. The van der Waals surface area contributed by atoms with Crippen LogP contribution in [0.1, 0.15) is 25.7 Å². The van der Waals surface area contributed by atoms with E-state index < -0.39 is 0 Å². The molecule has 0 unspecified atom stereocenters. The highest BCUT2D eigenvalue weighted by Crippen LogP contribution is 2.32. The molecular weight excluding hydrogens is 288 g/mol. The molecule has 1 aromatic heterocycles. The minimum atomic E-state index is -0.386. The highest BCUT2D eigenvalue weighted by atomic mass is 16.3. The second kappa shape index (κ2) is 6.38. The molecular formula is C18H28N4O. The Morgan fingerprint density at radius 3 is 2.48 bits per heavy atom. The Hall–Kier alpha value is -1.17. The number of pyridine rings is 1. The molecule has 1 aliphatic carbocycles. The SMILES string of the molecule is OC1(CN2CC(N3CCN(c4ccccn4)CC3)C2)CCCC1. The molecule has 5 heteroatoms. The fraction of sp³-hybridized carbons (Fsp3) is 0.722. The van der Waals surface area contributed by atoms with Crippen LogP contribution in [0.4, 0.5) is 5.82 Å². The summed E-state index contributed by atoms with van der Waals surface area (Å²) >= 11 is 0. The normalized spacial score (nSPS) is 26.4. The summed E-state index contributed by atoms with van der Waals surface area (Å²) in [6.45, 7) is 7.53. The Morgan fingerprint density at radius 1 is 1.09 bits per heavy atom. The number of piperazine rings is 1. The zero-order valence-electron chi connectivity index (χ0n) is 13.9. The molecule has 2 aliphatic heterocycles. The van der Waals surface area contributed by atoms with Crippen molar-refractivity contribution in [1.29, 1.82) is 0 Å². The maximum Gasteiger partial charge on any atom is 0.128 e. The summed E-state index contributed by atoms with van der Waals surface area (Å²) in [4.78, 5) is 11.9. The maximum absolute atomic E-state index is 10.5. The van der Waals surface area contributed by atoms with Gasteiger partial charge in [-0.05, 0) is 25.0 Å². The molecule has 3 aliphatic rings. The summed E-state index contributed by atoms with van der Waals surface area (Å²) in [5, 5.41) is 10.5. The summed E-state index contributed by atoms with van der Waals surface area (Å²) in [7, 11) is 0. The van der Waals surface area contributed by atoms with E-state index in [2.05, 4.69) is 31.8 Å². The van der Waals surface area contributed by atoms with Crippen molar-refractivity contribution in [1.82, 2.24) is 14.8 Å². The molecule has 0 aromatic carbocycles. The van der Waals surface area contributed by atoms with Crippen LogP contribution in [0, 0.1) is 0 Å². The van der Waals surface area contributed by atoms with Crippen molar-refractivity contribution < 1.29 is 5.11 Å².